The van der Waals surface area contributed by atoms with Gasteiger partial charge in [0.25, 0.3) is 16.8 Å². The van der Waals surface area contributed by atoms with E-state index in [1.165, 1.54) is 19.3 Å². The van der Waals surface area contributed by atoms with Crippen LogP contribution in [0.15, 0.2) is 33.9 Å². The smallest absolute Gasteiger partial charge is 0.253 e. The number of piperidine rings is 1. The molecule has 1 saturated carbocycles. The summed E-state index contributed by atoms with van der Waals surface area (Å²) in [4.78, 5) is 38.9. The van der Waals surface area contributed by atoms with E-state index in [-0.39, 0.29) is 17.4 Å². The van der Waals surface area contributed by atoms with Crippen LogP contribution in [0.2, 0.25) is 0 Å². The summed E-state index contributed by atoms with van der Waals surface area (Å²) in [6.07, 6.45) is 6.73. The molecule has 1 amide bonds. The number of amides is 1. The van der Waals surface area contributed by atoms with Crippen molar-refractivity contribution in [2.24, 2.45) is 11.8 Å². The van der Waals surface area contributed by atoms with Gasteiger partial charge in [0.2, 0.25) is 0 Å². The maximum atomic E-state index is 12.6. The van der Waals surface area contributed by atoms with Crippen molar-refractivity contribution in [2.75, 3.05) is 23.3 Å². The molecular weight excluding hydrogens is 390 g/mol. The number of rotatable bonds is 6. The molecule has 1 aliphatic carbocycles. The number of nitrogens with one attached hydrogen (secondary N) is 2. The van der Waals surface area contributed by atoms with E-state index in [1.54, 1.807) is 0 Å². The molecule has 0 unspecified atom stereocenters. The van der Waals surface area contributed by atoms with E-state index in [1.807, 2.05) is 29.2 Å². The molecule has 4 rings (SSSR count). The highest BCUT2D eigenvalue weighted by Gasteiger charge is 2.28. The molecule has 2 fully saturated rings. The third kappa shape index (κ3) is 4.68. The first-order valence-corrected chi connectivity index (χ1v) is 11.7. The molecule has 1 heterocycles. The Bertz CT molecular complexity index is 983. The maximum Gasteiger partial charge on any atom is 0.253 e. The minimum atomic E-state index is -0.425. The summed E-state index contributed by atoms with van der Waals surface area (Å²) >= 11 is 0. The van der Waals surface area contributed by atoms with Gasteiger partial charge < -0.3 is 15.5 Å². The largest absolute Gasteiger partial charge is 0.376 e. The lowest BCUT2D eigenvalue weighted by atomic mass is 9.86. The van der Waals surface area contributed by atoms with Crippen LogP contribution in [-0.2, 0) is 6.54 Å². The zero-order valence-corrected chi connectivity index (χ0v) is 18.6. The molecule has 166 valence electrons. The number of hydrogen-bond acceptors (Lipinski definition) is 5. The highest BCUT2D eigenvalue weighted by Crippen LogP contribution is 2.27. The van der Waals surface area contributed by atoms with Gasteiger partial charge in [0.05, 0.1) is 0 Å². The van der Waals surface area contributed by atoms with Gasteiger partial charge in [0, 0.05) is 31.2 Å². The van der Waals surface area contributed by atoms with Crippen LogP contribution in [0.3, 0.4) is 0 Å². The van der Waals surface area contributed by atoms with Crippen LogP contribution in [0.1, 0.15) is 68.3 Å². The normalized spacial score (nSPS) is 22.5. The van der Waals surface area contributed by atoms with Crippen molar-refractivity contribution in [1.29, 1.82) is 0 Å². The zero-order valence-electron chi connectivity index (χ0n) is 18.6. The topological polar surface area (TPSA) is 78.5 Å². The fraction of sp³-hybridized carbons (Fsp3) is 0.560. The molecule has 1 saturated heterocycles. The van der Waals surface area contributed by atoms with Crippen LogP contribution < -0.4 is 26.4 Å². The molecular formula is C25H33N3O3. The van der Waals surface area contributed by atoms with E-state index >= 15 is 0 Å². The summed E-state index contributed by atoms with van der Waals surface area (Å²) in [5, 5.41) is 6.34. The summed E-state index contributed by atoms with van der Waals surface area (Å²) in [7, 11) is 0. The number of anilines is 2. The zero-order chi connectivity index (χ0) is 22.0. The minimum absolute atomic E-state index is 0.0256. The monoisotopic (exact) mass is 423 g/mol. The van der Waals surface area contributed by atoms with E-state index in [4.69, 9.17) is 0 Å². The average molecular weight is 424 g/mol. The van der Waals surface area contributed by atoms with Crippen LogP contribution in [0.25, 0.3) is 0 Å². The minimum Gasteiger partial charge on any atom is -0.376 e. The van der Waals surface area contributed by atoms with Crippen LogP contribution >= 0.6 is 0 Å². The number of hydrogen-bond donors (Lipinski definition) is 2. The summed E-state index contributed by atoms with van der Waals surface area (Å²) in [5.74, 6) is 1.16. The Morgan fingerprint density at radius 1 is 0.968 bits per heavy atom. The predicted molar refractivity (Wildman–Crippen MR) is 125 cm³/mol. The summed E-state index contributed by atoms with van der Waals surface area (Å²) in [5.41, 5.74) is 1.81. The third-order valence-electron chi connectivity index (χ3n) is 7.10. The van der Waals surface area contributed by atoms with E-state index in [0.717, 1.165) is 37.9 Å². The van der Waals surface area contributed by atoms with E-state index in [9.17, 15) is 14.4 Å². The Balaban J connectivity index is 1.35. The van der Waals surface area contributed by atoms with Crippen molar-refractivity contribution in [3.05, 3.63) is 55.8 Å². The Morgan fingerprint density at radius 2 is 1.65 bits per heavy atom. The highest BCUT2D eigenvalue weighted by molar-refractivity contribution is 5.94. The van der Waals surface area contributed by atoms with Crippen molar-refractivity contribution in [2.45, 2.75) is 65.0 Å². The van der Waals surface area contributed by atoms with Gasteiger partial charge in [-0.3, -0.25) is 14.4 Å². The maximum absolute atomic E-state index is 12.6. The van der Waals surface area contributed by atoms with Crippen molar-refractivity contribution in [3.63, 3.8) is 0 Å². The average Bonchev–Trinajstić information content (AvgIpc) is 2.79. The number of carbonyl (C=O) groups excluding carboxylic acids is 1. The molecule has 2 aliphatic rings. The van der Waals surface area contributed by atoms with Crippen molar-refractivity contribution < 1.29 is 4.79 Å². The predicted octanol–water partition coefficient (Wildman–Crippen LogP) is 3.44. The van der Waals surface area contributed by atoms with Gasteiger partial charge in [-0.1, -0.05) is 38.8 Å². The van der Waals surface area contributed by atoms with Gasteiger partial charge >= 0.3 is 0 Å². The van der Waals surface area contributed by atoms with Crippen molar-refractivity contribution in [3.8, 4) is 0 Å². The lowest BCUT2D eigenvalue weighted by Crippen LogP contribution is -2.45. The fourth-order valence-corrected chi connectivity index (χ4v) is 4.82. The first-order chi connectivity index (χ1) is 14.9. The van der Waals surface area contributed by atoms with E-state index in [0.29, 0.717) is 35.3 Å². The van der Waals surface area contributed by atoms with Crippen LogP contribution in [0, 0.1) is 11.8 Å². The molecule has 6 heteroatoms. The summed E-state index contributed by atoms with van der Waals surface area (Å²) < 4.78 is 0. The molecule has 1 aliphatic heterocycles. The van der Waals surface area contributed by atoms with E-state index < -0.39 is 5.43 Å². The van der Waals surface area contributed by atoms with Crippen LogP contribution in [-0.4, -0.2) is 25.0 Å². The fourth-order valence-electron chi connectivity index (χ4n) is 4.82. The Morgan fingerprint density at radius 3 is 2.32 bits per heavy atom. The SMILES string of the molecule is CC1CCN(c2c(NCc3ccc(C(=O)N[C@H]4CCCC[C@@H]4C)cc3)c(=O)c2=O)CC1. The second-order valence-corrected chi connectivity index (χ2v) is 9.44. The van der Waals surface area contributed by atoms with Crippen molar-refractivity contribution in [1.82, 2.24) is 5.32 Å². The molecule has 2 aromatic carbocycles. The molecule has 31 heavy (non-hydrogen) atoms. The van der Waals surface area contributed by atoms with Gasteiger partial charge in [-0.05, 0) is 55.2 Å². The van der Waals surface area contributed by atoms with Crippen molar-refractivity contribution >= 4 is 17.3 Å². The first-order valence-electron chi connectivity index (χ1n) is 11.7. The number of benzene rings is 1. The molecule has 6 nitrogen and oxygen atoms in total. The second-order valence-electron chi connectivity index (χ2n) is 9.44. The van der Waals surface area contributed by atoms with Gasteiger partial charge in [0.15, 0.2) is 0 Å². The van der Waals surface area contributed by atoms with Gasteiger partial charge in [-0.15, -0.1) is 0 Å². The molecule has 0 aromatic heterocycles. The molecule has 2 N–H and O–H groups in total. The lowest BCUT2D eigenvalue weighted by Gasteiger charge is -2.33. The molecule has 0 radical (unpaired) electrons. The standard InChI is InChI=1S/C25H33N3O3/c1-16-11-13-28(14-12-16)22-21(23(29)24(22)30)26-15-18-7-9-19(10-8-18)25(31)27-20-6-4-3-5-17(20)2/h7-10,16-17,20,26H,3-6,11-15H2,1-2H3,(H,27,31)/t17-,20-/m0/s1. The van der Waals surface area contributed by atoms with E-state index in [2.05, 4.69) is 24.5 Å². The lowest BCUT2D eigenvalue weighted by molar-refractivity contribution is 0.0910. The Hall–Kier alpha value is -2.63. The Labute approximate surface area is 183 Å². The number of nitrogens with zero attached hydrogens (tertiary/aromatic N) is 1. The van der Waals surface area contributed by atoms with Gasteiger partial charge in [-0.2, -0.15) is 0 Å². The van der Waals surface area contributed by atoms with Gasteiger partial charge in [0.1, 0.15) is 11.4 Å². The first kappa shape index (κ1) is 21.6. The van der Waals surface area contributed by atoms with Crippen LogP contribution in [0.4, 0.5) is 11.4 Å². The highest BCUT2D eigenvalue weighted by atomic mass is 16.2. The Kier molecular flexibility index (Phi) is 6.44. The molecule has 0 bridgehead atoms. The second kappa shape index (κ2) is 9.25. The quantitative estimate of drug-likeness (QED) is 0.696. The third-order valence-corrected chi connectivity index (χ3v) is 7.10. The van der Waals surface area contributed by atoms with Crippen LogP contribution in [0.5, 0.6) is 0 Å². The summed E-state index contributed by atoms with van der Waals surface area (Å²) in [6, 6.07) is 7.72. The molecule has 2 aromatic rings. The molecule has 2 atom stereocenters. The van der Waals surface area contributed by atoms with Gasteiger partial charge in [-0.25, -0.2) is 0 Å². The summed E-state index contributed by atoms with van der Waals surface area (Å²) in [6.45, 7) is 6.52. The number of carbonyl (C=O) groups is 1. The molecule has 0 spiro atoms.